The minimum atomic E-state index is -0.372. The molecular formula is C15H14BrClFN. The molecule has 1 atom stereocenters. The maximum atomic E-state index is 13.4. The Balaban J connectivity index is 2.46. The topological polar surface area (TPSA) is 26.0 Å². The lowest BCUT2D eigenvalue weighted by Gasteiger charge is -2.16. The summed E-state index contributed by atoms with van der Waals surface area (Å²) in [6.07, 6.45) is 0. The van der Waals surface area contributed by atoms with Crippen LogP contribution < -0.4 is 5.73 Å². The molecule has 2 aromatic carbocycles. The number of aryl methyl sites for hydroxylation is 2. The summed E-state index contributed by atoms with van der Waals surface area (Å²) in [4.78, 5) is 0. The van der Waals surface area contributed by atoms with Crippen LogP contribution in [0.2, 0.25) is 5.02 Å². The third-order valence-corrected chi connectivity index (χ3v) is 4.35. The van der Waals surface area contributed by atoms with Crippen LogP contribution in [0.3, 0.4) is 0 Å². The predicted octanol–water partition coefficient (Wildman–Crippen LogP) is 4.91. The Kier molecular flexibility index (Phi) is 4.29. The van der Waals surface area contributed by atoms with E-state index in [1.165, 1.54) is 6.07 Å². The fraction of sp³-hybridized carbons (Fsp3) is 0.200. The molecule has 0 radical (unpaired) electrons. The largest absolute Gasteiger partial charge is 0.320 e. The van der Waals surface area contributed by atoms with Gasteiger partial charge in [-0.25, -0.2) is 4.39 Å². The molecule has 0 aliphatic carbocycles. The van der Waals surface area contributed by atoms with Crippen LogP contribution in [0.15, 0.2) is 34.8 Å². The van der Waals surface area contributed by atoms with Crippen LogP contribution in [0.5, 0.6) is 0 Å². The van der Waals surface area contributed by atoms with Crippen LogP contribution in [-0.2, 0) is 0 Å². The van der Waals surface area contributed by atoms with E-state index in [1.54, 1.807) is 13.0 Å². The Morgan fingerprint density at radius 3 is 2.47 bits per heavy atom. The third kappa shape index (κ3) is 2.99. The maximum absolute atomic E-state index is 13.4. The van der Waals surface area contributed by atoms with Gasteiger partial charge in [-0.1, -0.05) is 39.7 Å². The summed E-state index contributed by atoms with van der Waals surface area (Å²) in [5.74, 6) is -0.314. The number of hydrogen-bond donors (Lipinski definition) is 1. The first-order chi connectivity index (χ1) is 8.90. The summed E-state index contributed by atoms with van der Waals surface area (Å²) in [5.41, 5.74) is 9.57. The summed E-state index contributed by atoms with van der Waals surface area (Å²) in [6, 6.07) is 8.56. The van der Waals surface area contributed by atoms with Gasteiger partial charge in [0.25, 0.3) is 0 Å². The molecule has 0 heterocycles. The Labute approximate surface area is 125 Å². The van der Waals surface area contributed by atoms with Gasteiger partial charge in [-0.15, -0.1) is 0 Å². The van der Waals surface area contributed by atoms with Crippen molar-refractivity contribution in [2.75, 3.05) is 0 Å². The molecule has 1 nitrogen and oxygen atoms in total. The van der Waals surface area contributed by atoms with E-state index >= 15 is 0 Å². The number of hydrogen-bond acceptors (Lipinski definition) is 1. The average Bonchev–Trinajstić information content (AvgIpc) is 2.36. The monoisotopic (exact) mass is 341 g/mol. The molecule has 100 valence electrons. The Morgan fingerprint density at radius 1 is 1.16 bits per heavy atom. The molecular weight excluding hydrogens is 329 g/mol. The second-order valence-corrected chi connectivity index (χ2v) is 5.87. The molecule has 0 spiro atoms. The van der Waals surface area contributed by atoms with Gasteiger partial charge >= 0.3 is 0 Å². The van der Waals surface area contributed by atoms with Gasteiger partial charge in [0.05, 0.1) is 6.04 Å². The lowest BCUT2D eigenvalue weighted by molar-refractivity contribution is 0.617. The smallest absolute Gasteiger partial charge is 0.127 e. The highest BCUT2D eigenvalue weighted by atomic mass is 79.9. The van der Waals surface area contributed by atoms with Crippen LogP contribution in [0.25, 0.3) is 0 Å². The van der Waals surface area contributed by atoms with Crippen molar-refractivity contribution >= 4 is 27.5 Å². The normalized spacial score (nSPS) is 12.5. The van der Waals surface area contributed by atoms with Crippen LogP contribution in [0, 0.1) is 19.7 Å². The molecule has 0 bridgehead atoms. The summed E-state index contributed by atoms with van der Waals surface area (Å²) in [6.45, 7) is 3.71. The molecule has 1 unspecified atom stereocenters. The predicted molar refractivity (Wildman–Crippen MR) is 81.1 cm³/mol. The third-order valence-electron chi connectivity index (χ3n) is 3.17. The minimum absolute atomic E-state index is 0.314. The second-order valence-electron chi connectivity index (χ2n) is 4.61. The van der Waals surface area contributed by atoms with E-state index < -0.39 is 0 Å². The van der Waals surface area contributed by atoms with Gasteiger partial charge in [-0.2, -0.15) is 0 Å². The van der Waals surface area contributed by atoms with Gasteiger partial charge in [-0.05, 0) is 54.3 Å². The van der Waals surface area contributed by atoms with E-state index in [4.69, 9.17) is 17.3 Å². The van der Waals surface area contributed by atoms with Gasteiger partial charge in [0.2, 0.25) is 0 Å². The van der Waals surface area contributed by atoms with Crippen LogP contribution >= 0.6 is 27.5 Å². The highest BCUT2D eigenvalue weighted by molar-refractivity contribution is 9.10. The second kappa shape index (κ2) is 5.61. The van der Waals surface area contributed by atoms with Crippen molar-refractivity contribution in [3.8, 4) is 0 Å². The van der Waals surface area contributed by atoms with Gasteiger partial charge < -0.3 is 5.73 Å². The van der Waals surface area contributed by atoms with E-state index in [2.05, 4.69) is 15.9 Å². The van der Waals surface area contributed by atoms with E-state index in [9.17, 15) is 4.39 Å². The molecule has 2 rings (SSSR count). The molecule has 0 saturated heterocycles. The highest BCUT2D eigenvalue weighted by Gasteiger charge is 2.15. The van der Waals surface area contributed by atoms with Crippen molar-refractivity contribution in [3.05, 3.63) is 67.9 Å². The number of halogens is 3. The molecule has 2 N–H and O–H groups in total. The van der Waals surface area contributed by atoms with Gasteiger partial charge in [0.1, 0.15) is 5.82 Å². The van der Waals surface area contributed by atoms with Crippen LogP contribution in [-0.4, -0.2) is 0 Å². The van der Waals surface area contributed by atoms with Crippen molar-refractivity contribution in [2.24, 2.45) is 5.73 Å². The lowest BCUT2D eigenvalue weighted by atomic mass is 9.97. The van der Waals surface area contributed by atoms with Crippen LogP contribution in [0.4, 0.5) is 4.39 Å². The molecule has 2 aromatic rings. The summed E-state index contributed by atoms with van der Waals surface area (Å²) < 4.78 is 14.4. The van der Waals surface area contributed by atoms with Crippen molar-refractivity contribution in [1.82, 2.24) is 0 Å². The fourth-order valence-electron chi connectivity index (χ4n) is 1.90. The SMILES string of the molecule is Cc1cc(C(N)c2ccc(C)c(Br)c2)c(Cl)cc1F. The molecule has 4 heteroatoms. The van der Waals surface area contributed by atoms with Crippen molar-refractivity contribution in [1.29, 1.82) is 0 Å². The molecule has 19 heavy (non-hydrogen) atoms. The molecule has 0 aromatic heterocycles. The summed E-state index contributed by atoms with van der Waals surface area (Å²) >= 11 is 9.57. The molecule has 0 amide bonds. The van der Waals surface area contributed by atoms with E-state index in [0.29, 0.717) is 10.6 Å². The lowest BCUT2D eigenvalue weighted by Crippen LogP contribution is -2.13. The van der Waals surface area contributed by atoms with Crippen molar-refractivity contribution < 1.29 is 4.39 Å². The molecule has 0 aliphatic rings. The van der Waals surface area contributed by atoms with Gasteiger partial charge in [-0.3, -0.25) is 0 Å². The number of benzene rings is 2. The fourth-order valence-corrected chi connectivity index (χ4v) is 2.56. The van der Waals surface area contributed by atoms with Crippen LogP contribution in [0.1, 0.15) is 28.3 Å². The van der Waals surface area contributed by atoms with E-state index in [-0.39, 0.29) is 11.9 Å². The first-order valence-electron chi connectivity index (χ1n) is 5.87. The van der Waals surface area contributed by atoms with Gasteiger partial charge in [0.15, 0.2) is 0 Å². The number of rotatable bonds is 2. The molecule has 0 aliphatic heterocycles. The zero-order valence-corrected chi connectivity index (χ0v) is 13.0. The average molecular weight is 343 g/mol. The minimum Gasteiger partial charge on any atom is -0.320 e. The molecule has 0 saturated carbocycles. The first-order valence-corrected chi connectivity index (χ1v) is 7.04. The highest BCUT2D eigenvalue weighted by Crippen LogP contribution is 2.30. The maximum Gasteiger partial charge on any atom is 0.127 e. The van der Waals surface area contributed by atoms with Gasteiger partial charge in [0, 0.05) is 9.50 Å². The van der Waals surface area contributed by atoms with E-state index in [1.807, 2.05) is 25.1 Å². The van der Waals surface area contributed by atoms with Crippen molar-refractivity contribution in [2.45, 2.75) is 19.9 Å². The molecule has 0 fully saturated rings. The van der Waals surface area contributed by atoms with Crippen molar-refractivity contribution in [3.63, 3.8) is 0 Å². The zero-order chi connectivity index (χ0) is 14.2. The zero-order valence-electron chi connectivity index (χ0n) is 10.7. The standard InChI is InChI=1S/C15H14BrClFN/c1-8-3-4-10(6-12(8)16)15(19)11-5-9(2)14(18)7-13(11)17/h3-7,15H,19H2,1-2H3. The quantitative estimate of drug-likeness (QED) is 0.825. The Hall–Kier alpha value is -0.900. The number of nitrogens with two attached hydrogens (primary N) is 1. The first kappa shape index (κ1) is 14.5. The Morgan fingerprint density at radius 2 is 1.84 bits per heavy atom. The summed E-state index contributed by atoms with van der Waals surface area (Å²) in [5, 5.41) is 0.354. The van der Waals surface area contributed by atoms with E-state index in [0.717, 1.165) is 21.2 Å². The summed E-state index contributed by atoms with van der Waals surface area (Å²) in [7, 11) is 0. The Bertz CT molecular complexity index is 628.